The Labute approximate surface area is 150 Å². The number of thiophene rings is 1. The third-order valence-corrected chi connectivity index (χ3v) is 5.79. The van der Waals surface area contributed by atoms with E-state index < -0.39 is 0 Å². The minimum absolute atomic E-state index is 0.0428. The first-order valence-corrected chi connectivity index (χ1v) is 9.62. The number of amides is 1. The second kappa shape index (κ2) is 7.23. The van der Waals surface area contributed by atoms with Crippen LogP contribution in [-0.2, 0) is 9.53 Å². The summed E-state index contributed by atoms with van der Waals surface area (Å²) in [6.45, 7) is 5.82. The van der Waals surface area contributed by atoms with Crippen LogP contribution in [0.2, 0.25) is 0 Å². The van der Waals surface area contributed by atoms with Crippen LogP contribution in [0.25, 0.3) is 10.7 Å². The topological polar surface area (TPSA) is 71.7 Å². The van der Waals surface area contributed by atoms with Crippen molar-refractivity contribution >= 4 is 17.2 Å². The van der Waals surface area contributed by atoms with Crippen LogP contribution in [0.5, 0.6) is 0 Å². The Bertz CT molecular complexity index is 703. The van der Waals surface area contributed by atoms with E-state index in [9.17, 15) is 4.79 Å². The molecule has 4 heterocycles. The third kappa shape index (κ3) is 3.47. The molecule has 0 bridgehead atoms. The highest BCUT2D eigenvalue weighted by Crippen LogP contribution is 2.26. The Balaban J connectivity index is 1.35. The van der Waals surface area contributed by atoms with E-state index in [1.165, 1.54) is 0 Å². The number of carbonyl (C=O) groups excluding carboxylic acids is 1. The SMILES string of the molecule is CC(c1nc(-c2cccs2)no1)N1CCN(C(=O)C2CCCO2)CC1. The van der Waals surface area contributed by atoms with Gasteiger partial charge in [-0.3, -0.25) is 9.69 Å². The minimum atomic E-state index is -0.228. The molecule has 1 amide bonds. The van der Waals surface area contributed by atoms with E-state index in [1.54, 1.807) is 11.3 Å². The van der Waals surface area contributed by atoms with Gasteiger partial charge in [0, 0.05) is 32.8 Å². The highest BCUT2D eigenvalue weighted by atomic mass is 32.1. The molecule has 4 rings (SSSR count). The maximum absolute atomic E-state index is 12.4. The van der Waals surface area contributed by atoms with Crippen LogP contribution < -0.4 is 0 Å². The van der Waals surface area contributed by atoms with Crippen LogP contribution >= 0.6 is 11.3 Å². The molecule has 2 fully saturated rings. The van der Waals surface area contributed by atoms with Gasteiger partial charge in [-0.15, -0.1) is 11.3 Å². The maximum atomic E-state index is 12.4. The zero-order valence-electron chi connectivity index (χ0n) is 14.3. The Morgan fingerprint density at radius 1 is 1.36 bits per heavy atom. The van der Waals surface area contributed by atoms with E-state index in [0.29, 0.717) is 18.3 Å². The van der Waals surface area contributed by atoms with Crippen LogP contribution in [-0.4, -0.2) is 64.7 Å². The highest BCUT2D eigenvalue weighted by Gasteiger charge is 2.32. The van der Waals surface area contributed by atoms with Crippen molar-refractivity contribution in [2.75, 3.05) is 32.8 Å². The van der Waals surface area contributed by atoms with Gasteiger partial charge in [0.05, 0.1) is 10.9 Å². The largest absolute Gasteiger partial charge is 0.368 e. The Kier molecular flexibility index (Phi) is 4.82. The predicted octanol–water partition coefficient (Wildman–Crippen LogP) is 2.18. The first-order valence-electron chi connectivity index (χ1n) is 8.74. The molecule has 0 aliphatic carbocycles. The first kappa shape index (κ1) is 16.7. The lowest BCUT2D eigenvalue weighted by molar-refractivity contribution is -0.143. The minimum Gasteiger partial charge on any atom is -0.368 e. The molecule has 2 aromatic heterocycles. The fraction of sp³-hybridized carbons (Fsp3) is 0.588. The summed E-state index contributed by atoms with van der Waals surface area (Å²) < 4.78 is 11.0. The van der Waals surface area contributed by atoms with Gasteiger partial charge in [-0.25, -0.2) is 0 Å². The van der Waals surface area contributed by atoms with Crippen molar-refractivity contribution in [2.45, 2.75) is 31.9 Å². The third-order valence-electron chi connectivity index (χ3n) is 4.92. The van der Waals surface area contributed by atoms with Crippen molar-refractivity contribution in [3.63, 3.8) is 0 Å². The average molecular weight is 362 g/mol. The summed E-state index contributed by atoms with van der Waals surface area (Å²) in [7, 11) is 0. The van der Waals surface area contributed by atoms with Gasteiger partial charge in [-0.1, -0.05) is 11.2 Å². The molecule has 2 aliphatic heterocycles. The van der Waals surface area contributed by atoms with E-state index in [-0.39, 0.29) is 18.1 Å². The zero-order chi connectivity index (χ0) is 17.2. The summed E-state index contributed by atoms with van der Waals surface area (Å²) in [6.07, 6.45) is 1.60. The normalized spacial score (nSPS) is 23.1. The second-order valence-corrected chi connectivity index (χ2v) is 7.42. The molecular weight excluding hydrogens is 340 g/mol. The number of rotatable bonds is 4. The van der Waals surface area contributed by atoms with E-state index in [2.05, 4.69) is 22.0 Å². The lowest BCUT2D eigenvalue weighted by Gasteiger charge is -2.37. The molecule has 7 nitrogen and oxygen atoms in total. The van der Waals surface area contributed by atoms with E-state index >= 15 is 0 Å². The Morgan fingerprint density at radius 2 is 2.20 bits per heavy atom. The molecular formula is C17H22N4O3S. The lowest BCUT2D eigenvalue weighted by Crippen LogP contribution is -2.51. The molecule has 2 atom stereocenters. The second-order valence-electron chi connectivity index (χ2n) is 6.47. The van der Waals surface area contributed by atoms with Crippen molar-refractivity contribution in [2.24, 2.45) is 0 Å². The van der Waals surface area contributed by atoms with Gasteiger partial charge in [-0.05, 0) is 31.2 Å². The number of carbonyl (C=O) groups is 1. The molecule has 0 aromatic carbocycles. The lowest BCUT2D eigenvalue weighted by atomic mass is 10.2. The van der Waals surface area contributed by atoms with Gasteiger partial charge in [0.1, 0.15) is 6.10 Å². The molecule has 0 radical (unpaired) electrons. The van der Waals surface area contributed by atoms with Crippen molar-refractivity contribution in [3.05, 3.63) is 23.4 Å². The van der Waals surface area contributed by atoms with Crippen LogP contribution in [0.3, 0.4) is 0 Å². The summed E-state index contributed by atoms with van der Waals surface area (Å²) in [5.74, 6) is 1.41. The standard InChI is InChI=1S/C17H22N4O3S/c1-12(16-18-15(19-24-16)14-5-3-11-25-14)20-6-8-21(9-7-20)17(22)13-4-2-10-23-13/h3,5,11-13H,2,4,6-10H2,1H3. The summed E-state index contributed by atoms with van der Waals surface area (Å²) in [5, 5.41) is 6.09. The van der Waals surface area contributed by atoms with Gasteiger partial charge in [0.15, 0.2) is 0 Å². The summed E-state index contributed by atoms with van der Waals surface area (Å²) in [6, 6.07) is 4.00. The molecule has 2 aromatic rings. The number of hydrogen-bond acceptors (Lipinski definition) is 7. The summed E-state index contributed by atoms with van der Waals surface area (Å²) >= 11 is 1.60. The number of ether oxygens (including phenoxy) is 1. The van der Waals surface area contributed by atoms with Crippen LogP contribution in [0, 0.1) is 0 Å². The smallest absolute Gasteiger partial charge is 0.251 e. The first-order chi connectivity index (χ1) is 12.2. The Morgan fingerprint density at radius 3 is 2.88 bits per heavy atom. The van der Waals surface area contributed by atoms with Gasteiger partial charge >= 0.3 is 0 Å². The number of piperazine rings is 1. The zero-order valence-corrected chi connectivity index (χ0v) is 15.1. The van der Waals surface area contributed by atoms with Crippen molar-refractivity contribution in [1.82, 2.24) is 19.9 Å². The van der Waals surface area contributed by atoms with Gasteiger partial charge in [-0.2, -0.15) is 4.98 Å². The Hall–Kier alpha value is -1.77. The molecule has 0 saturated carbocycles. The molecule has 2 saturated heterocycles. The molecule has 25 heavy (non-hydrogen) atoms. The van der Waals surface area contributed by atoms with Crippen molar-refractivity contribution < 1.29 is 14.1 Å². The monoisotopic (exact) mass is 362 g/mol. The number of nitrogens with zero attached hydrogens (tertiary/aromatic N) is 4. The fourth-order valence-electron chi connectivity index (χ4n) is 3.37. The van der Waals surface area contributed by atoms with E-state index in [0.717, 1.165) is 43.9 Å². The van der Waals surface area contributed by atoms with Crippen molar-refractivity contribution in [1.29, 1.82) is 0 Å². The number of hydrogen-bond donors (Lipinski definition) is 0. The number of aromatic nitrogens is 2. The van der Waals surface area contributed by atoms with Crippen molar-refractivity contribution in [3.8, 4) is 10.7 Å². The molecule has 2 unspecified atom stereocenters. The highest BCUT2D eigenvalue weighted by molar-refractivity contribution is 7.13. The van der Waals surface area contributed by atoms with E-state index in [1.807, 2.05) is 22.4 Å². The summed E-state index contributed by atoms with van der Waals surface area (Å²) in [4.78, 5) is 22.2. The summed E-state index contributed by atoms with van der Waals surface area (Å²) in [5.41, 5.74) is 0. The van der Waals surface area contributed by atoms with Gasteiger partial charge < -0.3 is 14.2 Å². The molecule has 8 heteroatoms. The van der Waals surface area contributed by atoms with E-state index in [4.69, 9.17) is 9.26 Å². The van der Waals surface area contributed by atoms with Gasteiger partial charge in [0.2, 0.25) is 11.7 Å². The molecule has 0 spiro atoms. The van der Waals surface area contributed by atoms with Crippen LogP contribution in [0.4, 0.5) is 0 Å². The molecule has 2 aliphatic rings. The average Bonchev–Trinajstić information content (AvgIpc) is 3.42. The fourth-order valence-corrected chi connectivity index (χ4v) is 4.02. The van der Waals surface area contributed by atoms with Crippen LogP contribution in [0.1, 0.15) is 31.7 Å². The molecule has 0 N–H and O–H groups in total. The maximum Gasteiger partial charge on any atom is 0.251 e. The van der Waals surface area contributed by atoms with Gasteiger partial charge in [0.25, 0.3) is 5.91 Å². The predicted molar refractivity (Wildman–Crippen MR) is 93.2 cm³/mol. The quantitative estimate of drug-likeness (QED) is 0.830. The van der Waals surface area contributed by atoms with Crippen LogP contribution in [0.15, 0.2) is 22.0 Å². The molecule has 134 valence electrons.